The van der Waals surface area contributed by atoms with Crippen LogP contribution in [0, 0.1) is 0 Å². The number of hydrogen-bond acceptors (Lipinski definition) is 3. The van der Waals surface area contributed by atoms with Crippen LogP contribution in [0.1, 0.15) is 41.0 Å². The lowest BCUT2D eigenvalue weighted by Crippen LogP contribution is -2.15. The molecule has 0 aliphatic rings. The van der Waals surface area contributed by atoms with E-state index in [1.165, 1.54) is 0 Å². The van der Waals surface area contributed by atoms with Gasteiger partial charge in [0.15, 0.2) is 0 Å². The molecule has 2 N–H and O–H groups in total. The van der Waals surface area contributed by atoms with Gasteiger partial charge in [-0.15, -0.1) is 0 Å². The standard InChI is InChI=1S/C24H24N2O3/c1-3-17(2)29-22-14-8-10-19(16-22)24(28)26-21-13-7-9-18(15-21)23(27)25-20-11-5-4-6-12-20/h4-17H,3H2,1-2H3,(H,25,27)(H,26,28). The smallest absolute Gasteiger partial charge is 0.255 e. The molecule has 5 nitrogen and oxygen atoms in total. The second-order valence-corrected chi connectivity index (χ2v) is 6.72. The maximum atomic E-state index is 12.6. The third-order valence-electron chi connectivity index (χ3n) is 4.42. The third kappa shape index (κ3) is 5.69. The summed E-state index contributed by atoms with van der Waals surface area (Å²) in [7, 11) is 0. The predicted octanol–water partition coefficient (Wildman–Crippen LogP) is 5.37. The summed E-state index contributed by atoms with van der Waals surface area (Å²) in [5, 5.41) is 5.67. The van der Waals surface area contributed by atoms with Crippen LogP contribution < -0.4 is 15.4 Å². The van der Waals surface area contributed by atoms with Crippen LogP contribution in [0.25, 0.3) is 0 Å². The van der Waals surface area contributed by atoms with Crippen molar-refractivity contribution in [1.82, 2.24) is 0 Å². The number of nitrogens with one attached hydrogen (secondary N) is 2. The van der Waals surface area contributed by atoms with E-state index < -0.39 is 0 Å². The van der Waals surface area contributed by atoms with Crippen LogP contribution >= 0.6 is 0 Å². The fraction of sp³-hybridized carbons (Fsp3) is 0.167. The van der Waals surface area contributed by atoms with Gasteiger partial charge in [0.1, 0.15) is 5.75 Å². The zero-order valence-electron chi connectivity index (χ0n) is 16.5. The number of benzene rings is 3. The molecule has 0 aliphatic carbocycles. The van der Waals surface area contributed by atoms with Gasteiger partial charge in [0.05, 0.1) is 6.10 Å². The minimum Gasteiger partial charge on any atom is -0.491 e. The van der Waals surface area contributed by atoms with Crippen LogP contribution in [0.2, 0.25) is 0 Å². The normalized spacial score (nSPS) is 11.4. The molecule has 3 aromatic rings. The van der Waals surface area contributed by atoms with Crippen LogP contribution in [-0.4, -0.2) is 17.9 Å². The second-order valence-electron chi connectivity index (χ2n) is 6.72. The monoisotopic (exact) mass is 388 g/mol. The minimum atomic E-state index is -0.264. The van der Waals surface area contributed by atoms with Crippen molar-refractivity contribution < 1.29 is 14.3 Å². The van der Waals surface area contributed by atoms with Crippen molar-refractivity contribution in [2.45, 2.75) is 26.4 Å². The highest BCUT2D eigenvalue weighted by Crippen LogP contribution is 2.18. The van der Waals surface area contributed by atoms with E-state index in [4.69, 9.17) is 4.74 Å². The van der Waals surface area contributed by atoms with Crippen LogP contribution in [-0.2, 0) is 0 Å². The van der Waals surface area contributed by atoms with Gasteiger partial charge in [-0.05, 0) is 61.9 Å². The number of para-hydroxylation sites is 1. The molecule has 0 radical (unpaired) electrons. The van der Waals surface area contributed by atoms with Gasteiger partial charge in [0.2, 0.25) is 0 Å². The molecular weight excluding hydrogens is 364 g/mol. The topological polar surface area (TPSA) is 67.4 Å². The van der Waals surface area contributed by atoms with Crippen molar-refractivity contribution >= 4 is 23.2 Å². The zero-order valence-corrected chi connectivity index (χ0v) is 16.5. The summed E-state index contributed by atoms with van der Waals surface area (Å²) in [6, 6.07) is 23.1. The molecule has 29 heavy (non-hydrogen) atoms. The van der Waals surface area contributed by atoms with Crippen molar-refractivity contribution in [3.8, 4) is 5.75 Å². The first kappa shape index (κ1) is 20.1. The average Bonchev–Trinajstić information content (AvgIpc) is 2.74. The number of carbonyl (C=O) groups excluding carboxylic acids is 2. The molecule has 0 spiro atoms. The lowest BCUT2D eigenvalue weighted by molar-refractivity contribution is 0.101. The van der Waals surface area contributed by atoms with E-state index in [1.54, 1.807) is 42.5 Å². The highest BCUT2D eigenvalue weighted by Gasteiger charge is 2.11. The number of hydrogen-bond donors (Lipinski definition) is 2. The van der Waals surface area contributed by atoms with Crippen molar-refractivity contribution in [2.75, 3.05) is 10.6 Å². The molecule has 0 aliphatic heterocycles. The average molecular weight is 388 g/mol. The van der Waals surface area contributed by atoms with Gasteiger partial charge < -0.3 is 15.4 Å². The van der Waals surface area contributed by atoms with Gasteiger partial charge in [-0.25, -0.2) is 0 Å². The Balaban J connectivity index is 1.69. The molecule has 3 rings (SSSR count). The van der Waals surface area contributed by atoms with E-state index in [9.17, 15) is 9.59 Å². The maximum absolute atomic E-state index is 12.6. The molecular formula is C24H24N2O3. The summed E-state index contributed by atoms with van der Waals surface area (Å²) in [5.74, 6) is 0.152. The summed E-state index contributed by atoms with van der Waals surface area (Å²) in [6.07, 6.45) is 0.960. The van der Waals surface area contributed by atoms with Crippen LogP contribution in [0.4, 0.5) is 11.4 Å². The van der Waals surface area contributed by atoms with E-state index in [1.807, 2.05) is 50.2 Å². The number of ether oxygens (including phenoxy) is 1. The van der Waals surface area contributed by atoms with E-state index in [2.05, 4.69) is 10.6 Å². The molecule has 1 unspecified atom stereocenters. The SMILES string of the molecule is CCC(C)Oc1cccc(C(=O)Nc2cccc(C(=O)Nc3ccccc3)c2)c1. The van der Waals surface area contributed by atoms with E-state index in [-0.39, 0.29) is 17.9 Å². The Hall–Kier alpha value is -3.60. The first-order chi connectivity index (χ1) is 14.0. The van der Waals surface area contributed by atoms with Crippen LogP contribution in [0.5, 0.6) is 5.75 Å². The Morgan fingerprint density at radius 2 is 1.38 bits per heavy atom. The molecule has 0 fully saturated rings. The largest absolute Gasteiger partial charge is 0.491 e. The van der Waals surface area contributed by atoms with Gasteiger partial charge in [-0.1, -0.05) is 37.3 Å². The fourth-order valence-electron chi connectivity index (χ4n) is 2.69. The van der Waals surface area contributed by atoms with E-state index in [0.717, 1.165) is 6.42 Å². The molecule has 0 bridgehead atoms. The quantitative estimate of drug-likeness (QED) is 0.572. The lowest BCUT2D eigenvalue weighted by atomic mass is 10.1. The predicted molar refractivity (Wildman–Crippen MR) is 116 cm³/mol. The molecule has 0 aromatic heterocycles. The molecule has 148 valence electrons. The van der Waals surface area contributed by atoms with Gasteiger partial charge in [-0.2, -0.15) is 0 Å². The highest BCUT2D eigenvalue weighted by atomic mass is 16.5. The first-order valence-corrected chi connectivity index (χ1v) is 9.59. The van der Waals surface area contributed by atoms with Gasteiger partial charge in [-0.3, -0.25) is 9.59 Å². The number of carbonyl (C=O) groups is 2. The molecule has 3 aromatic carbocycles. The molecule has 0 saturated carbocycles. The summed E-state index contributed by atoms with van der Waals surface area (Å²) in [4.78, 5) is 25.1. The maximum Gasteiger partial charge on any atom is 0.255 e. The van der Waals surface area contributed by atoms with Gasteiger partial charge in [0.25, 0.3) is 11.8 Å². The highest BCUT2D eigenvalue weighted by molar-refractivity contribution is 6.07. The summed E-state index contributed by atoms with van der Waals surface area (Å²) < 4.78 is 5.78. The number of amides is 2. The zero-order chi connectivity index (χ0) is 20.6. The Bertz CT molecular complexity index is 986. The van der Waals surface area contributed by atoms with Gasteiger partial charge >= 0.3 is 0 Å². The Morgan fingerprint density at radius 1 is 0.793 bits per heavy atom. The number of rotatable bonds is 7. The fourth-order valence-corrected chi connectivity index (χ4v) is 2.69. The molecule has 5 heteroatoms. The van der Waals surface area contributed by atoms with E-state index >= 15 is 0 Å². The van der Waals surface area contributed by atoms with Crippen LogP contribution in [0.15, 0.2) is 78.9 Å². The first-order valence-electron chi connectivity index (χ1n) is 9.59. The Kier molecular flexibility index (Phi) is 6.63. The van der Waals surface area contributed by atoms with Gasteiger partial charge in [0, 0.05) is 22.5 Å². The number of anilines is 2. The van der Waals surface area contributed by atoms with Crippen molar-refractivity contribution in [2.24, 2.45) is 0 Å². The second kappa shape index (κ2) is 9.55. The Morgan fingerprint density at radius 3 is 2.07 bits per heavy atom. The summed E-state index contributed by atoms with van der Waals surface area (Å²) in [5.41, 5.74) is 2.21. The van der Waals surface area contributed by atoms with Crippen LogP contribution in [0.3, 0.4) is 0 Å². The molecule has 1 atom stereocenters. The minimum absolute atomic E-state index is 0.0770. The van der Waals surface area contributed by atoms with E-state index in [0.29, 0.717) is 28.3 Å². The third-order valence-corrected chi connectivity index (χ3v) is 4.42. The van der Waals surface area contributed by atoms with Crippen molar-refractivity contribution in [3.05, 3.63) is 90.0 Å². The van der Waals surface area contributed by atoms with Crippen molar-refractivity contribution in [3.63, 3.8) is 0 Å². The summed E-state index contributed by atoms with van der Waals surface area (Å²) in [6.45, 7) is 4.03. The van der Waals surface area contributed by atoms with Crippen molar-refractivity contribution in [1.29, 1.82) is 0 Å². The molecule has 2 amide bonds. The molecule has 0 saturated heterocycles. The summed E-state index contributed by atoms with van der Waals surface area (Å²) >= 11 is 0. The lowest BCUT2D eigenvalue weighted by Gasteiger charge is -2.13. The Labute approximate surface area is 170 Å². The molecule has 0 heterocycles.